The van der Waals surface area contributed by atoms with E-state index in [0.29, 0.717) is 23.1 Å². The molecule has 6 heteroatoms. The maximum atomic E-state index is 6.51. The zero-order valence-corrected chi connectivity index (χ0v) is 19.9. The first kappa shape index (κ1) is 21.9. The van der Waals surface area contributed by atoms with Gasteiger partial charge in [0.05, 0.1) is 16.9 Å². The lowest BCUT2D eigenvalue weighted by Crippen LogP contribution is -2.40. The topological polar surface area (TPSA) is 56.8 Å². The molecule has 4 aromatic rings. The van der Waals surface area contributed by atoms with E-state index in [1.807, 2.05) is 18.3 Å². The van der Waals surface area contributed by atoms with Crippen molar-refractivity contribution in [2.45, 2.75) is 51.2 Å². The molecule has 170 valence electrons. The highest BCUT2D eigenvalue weighted by atomic mass is 35.5. The largest absolute Gasteiger partial charge is 0.360 e. The Hall–Kier alpha value is -2.89. The summed E-state index contributed by atoms with van der Waals surface area (Å²) in [6.07, 6.45) is 8.31. The molecule has 0 unspecified atom stereocenters. The third-order valence-corrected chi connectivity index (χ3v) is 7.02. The van der Waals surface area contributed by atoms with Gasteiger partial charge in [-0.3, -0.25) is 4.90 Å². The molecule has 1 saturated carbocycles. The first-order valence-electron chi connectivity index (χ1n) is 11.7. The standard InChI is InChI=1S/C27H30ClN5/c1-18-10-12-19(13-11-18)17-33(2)21-7-5-6-20(14-21)31-27-30-16-24(28)26(32-27)23-15-29-25-9-4-3-8-22(23)25/h3-4,8-13,15-16,20-21,29H,5-7,14,17H2,1-2H3,(H,30,31,32)/t20-,21+/m1/s1. The highest BCUT2D eigenvalue weighted by molar-refractivity contribution is 6.33. The van der Waals surface area contributed by atoms with Crippen LogP contribution in [0.25, 0.3) is 22.2 Å². The number of anilines is 1. The van der Waals surface area contributed by atoms with Gasteiger partial charge in [-0.05, 0) is 51.3 Å². The van der Waals surface area contributed by atoms with Gasteiger partial charge in [0.25, 0.3) is 0 Å². The van der Waals surface area contributed by atoms with Gasteiger partial charge < -0.3 is 10.3 Å². The fourth-order valence-electron chi connectivity index (χ4n) is 4.88. The second-order valence-corrected chi connectivity index (χ2v) is 9.61. The molecule has 0 bridgehead atoms. The van der Waals surface area contributed by atoms with E-state index in [9.17, 15) is 0 Å². The average molecular weight is 460 g/mol. The Morgan fingerprint density at radius 2 is 1.94 bits per heavy atom. The number of nitrogens with zero attached hydrogens (tertiary/aromatic N) is 3. The molecule has 5 nitrogen and oxygen atoms in total. The molecule has 1 fully saturated rings. The molecular formula is C27H30ClN5. The van der Waals surface area contributed by atoms with Crippen molar-refractivity contribution in [2.75, 3.05) is 12.4 Å². The first-order chi connectivity index (χ1) is 16.1. The maximum Gasteiger partial charge on any atom is 0.223 e. The van der Waals surface area contributed by atoms with Crippen molar-refractivity contribution in [3.8, 4) is 11.3 Å². The molecule has 0 amide bonds. The van der Waals surface area contributed by atoms with Crippen molar-refractivity contribution >= 4 is 28.5 Å². The summed E-state index contributed by atoms with van der Waals surface area (Å²) in [5.74, 6) is 0.645. The lowest BCUT2D eigenvalue weighted by molar-refractivity contribution is 0.177. The van der Waals surface area contributed by atoms with Crippen LogP contribution in [0.1, 0.15) is 36.8 Å². The van der Waals surface area contributed by atoms with Gasteiger partial charge in [0.2, 0.25) is 5.95 Å². The number of aromatic nitrogens is 3. The van der Waals surface area contributed by atoms with Crippen LogP contribution in [-0.4, -0.2) is 39.0 Å². The van der Waals surface area contributed by atoms with Gasteiger partial charge in [-0.1, -0.05) is 59.6 Å². The minimum absolute atomic E-state index is 0.348. The molecule has 2 aromatic carbocycles. The number of fused-ring (bicyclic) bond motifs is 1. The molecular weight excluding hydrogens is 430 g/mol. The summed E-state index contributed by atoms with van der Waals surface area (Å²) in [5.41, 5.74) is 5.50. The monoisotopic (exact) mass is 459 g/mol. The van der Waals surface area contributed by atoms with Crippen LogP contribution in [0.3, 0.4) is 0 Å². The molecule has 0 spiro atoms. The first-order valence-corrected chi connectivity index (χ1v) is 12.1. The van der Waals surface area contributed by atoms with E-state index in [4.69, 9.17) is 16.6 Å². The fraction of sp³-hybridized carbons (Fsp3) is 0.333. The molecule has 0 saturated heterocycles. The van der Waals surface area contributed by atoms with Crippen LogP contribution in [0.4, 0.5) is 5.95 Å². The summed E-state index contributed by atoms with van der Waals surface area (Å²) >= 11 is 6.51. The van der Waals surface area contributed by atoms with E-state index in [2.05, 4.69) is 70.6 Å². The molecule has 33 heavy (non-hydrogen) atoms. The molecule has 1 aliphatic rings. The maximum absolute atomic E-state index is 6.51. The number of H-pyrrole nitrogens is 1. The Kier molecular flexibility index (Phi) is 6.34. The molecule has 1 aliphatic carbocycles. The third kappa shape index (κ3) is 4.90. The average Bonchev–Trinajstić information content (AvgIpc) is 3.26. The van der Waals surface area contributed by atoms with E-state index in [-0.39, 0.29) is 0 Å². The van der Waals surface area contributed by atoms with Crippen molar-refractivity contribution in [3.05, 3.63) is 77.1 Å². The molecule has 0 aliphatic heterocycles. The molecule has 2 atom stereocenters. The van der Waals surface area contributed by atoms with Crippen molar-refractivity contribution in [1.82, 2.24) is 19.9 Å². The zero-order chi connectivity index (χ0) is 22.8. The second-order valence-electron chi connectivity index (χ2n) is 9.20. The molecule has 2 N–H and O–H groups in total. The number of halogens is 1. The van der Waals surface area contributed by atoms with Crippen LogP contribution in [-0.2, 0) is 6.54 Å². The Morgan fingerprint density at radius 3 is 2.79 bits per heavy atom. The van der Waals surface area contributed by atoms with Gasteiger partial charge in [-0.2, -0.15) is 0 Å². The summed E-state index contributed by atoms with van der Waals surface area (Å²) in [6.45, 7) is 3.10. The fourth-order valence-corrected chi connectivity index (χ4v) is 5.07. The quantitative estimate of drug-likeness (QED) is 0.348. The van der Waals surface area contributed by atoms with Gasteiger partial charge in [-0.15, -0.1) is 0 Å². The number of hydrogen-bond donors (Lipinski definition) is 2. The summed E-state index contributed by atoms with van der Waals surface area (Å²) in [5, 5.41) is 5.27. The van der Waals surface area contributed by atoms with Gasteiger partial charge in [0.15, 0.2) is 0 Å². The normalized spacial score (nSPS) is 18.7. The lowest BCUT2D eigenvalue weighted by Gasteiger charge is -2.35. The van der Waals surface area contributed by atoms with Crippen LogP contribution in [0.2, 0.25) is 5.02 Å². The highest BCUT2D eigenvalue weighted by Gasteiger charge is 2.26. The molecule has 2 aromatic heterocycles. The van der Waals surface area contributed by atoms with E-state index in [0.717, 1.165) is 41.5 Å². The van der Waals surface area contributed by atoms with Gasteiger partial charge in [0, 0.05) is 41.3 Å². The summed E-state index contributed by atoms with van der Waals surface area (Å²) in [4.78, 5) is 15.1. The van der Waals surface area contributed by atoms with Crippen molar-refractivity contribution < 1.29 is 0 Å². The summed E-state index contributed by atoms with van der Waals surface area (Å²) in [6, 6.07) is 17.9. The number of aromatic amines is 1. The van der Waals surface area contributed by atoms with Crippen molar-refractivity contribution in [2.24, 2.45) is 0 Å². The van der Waals surface area contributed by atoms with E-state index < -0.39 is 0 Å². The van der Waals surface area contributed by atoms with Crippen LogP contribution < -0.4 is 5.32 Å². The SMILES string of the molecule is Cc1ccc(CN(C)[C@H]2CCC[C@@H](Nc3ncc(Cl)c(-c4c[nH]c5ccccc45)n3)C2)cc1. The number of para-hydroxylation sites is 1. The van der Waals surface area contributed by atoms with E-state index >= 15 is 0 Å². The Balaban J connectivity index is 1.29. The summed E-state index contributed by atoms with van der Waals surface area (Å²) < 4.78 is 0. The van der Waals surface area contributed by atoms with Crippen LogP contribution in [0.15, 0.2) is 60.9 Å². The lowest BCUT2D eigenvalue weighted by atomic mass is 9.90. The van der Waals surface area contributed by atoms with E-state index in [1.54, 1.807) is 6.20 Å². The van der Waals surface area contributed by atoms with Crippen LogP contribution in [0.5, 0.6) is 0 Å². The molecule has 2 heterocycles. The third-order valence-electron chi connectivity index (χ3n) is 6.74. The predicted octanol–water partition coefficient (Wildman–Crippen LogP) is 6.44. The Bertz CT molecular complexity index is 1230. The van der Waals surface area contributed by atoms with Gasteiger partial charge in [-0.25, -0.2) is 9.97 Å². The van der Waals surface area contributed by atoms with Gasteiger partial charge >= 0.3 is 0 Å². The van der Waals surface area contributed by atoms with Crippen molar-refractivity contribution in [3.63, 3.8) is 0 Å². The number of benzene rings is 2. The Labute approximate surface area is 200 Å². The molecule has 0 radical (unpaired) electrons. The van der Waals surface area contributed by atoms with Crippen molar-refractivity contribution in [1.29, 1.82) is 0 Å². The number of nitrogens with one attached hydrogen (secondary N) is 2. The van der Waals surface area contributed by atoms with Crippen LogP contribution in [0, 0.1) is 6.92 Å². The Morgan fingerprint density at radius 1 is 1.12 bits per heavy atom. The van der Waals surface area contributed by atoms with Gasteiger partial charge in [0.1, 0.15) is 0 Å². The zero-order valence-electron chi connectivity index (χ0n) is 19.2. The number of rotatable bonds is 6. The van der Waals surface area contributed by atoms with Crippen LogP contribution >= 0.6 is 11.6 Å². The smallest absolute Gasteiger partial charge is 0.223 e. The number of aryl methyl sites for hydroxylation is 1. The predicted molar refractivity (Wildman–Crippen MR) is 137 cm³/mol. The highest BCUT2D eigenvalue weighted by Crippen LogP contribution is 2.33. The molecule has 5 rings (SSSR count). The van der Waals surface area contributed by atoms with E-state index in [1.165, 1.54) is 24.0 Å². The minimum atomic E-state index is 0.348. The second kappa shape index (κ2) is 9.54. The summed E-state index contributed by atoms with van der Waals surface area (Å²) in [7, 11) is 2.24. The number of hydrogen-bond acceptors (Lipinski definition) is 4. The minimum Gasteiger partial charge on any atom is -0.360 e.